The van der Waals surface area contributed by atoms with Gasteiger partial charge in [-0.3, -0.25) is 15.0 Å². The SMILES string of the molecule is NC(N)=NCCCCC(=O)Nc1cc(C(F)(F)F)cc(NC(=O)Nc2ccc(Oc3cc(N([O-])O)cc(C(F)(F)F)c3)cc2)c1O[C@@H]1CCNC1. The average Bonchev–Trinajstić information content (AvgIpc) is 3.55. The fourth-order valence-electron chi connectivity index (χ4n) is 4.76. The van der Waals surface area contributed by atoms with Crippen LogP contribution in [0, 0.1) is 5.21 Å². The maximum Gasteiger partial charge on any atom is 0.416 e. The molecule has 0 unspecified atom stereocenters. The Hall–Kier alpha value is -5.47. The topological polar surface area (TPSA) is 212 Å². The van der Waals surface area contributed by atoms with E-state index >= 15 is 0 Å². The average molecular weight is 728 g/mol. The number of rotatable bonds is 13. The lowest BCUT2D eigenvalue weighted by molar-refractivity contribution is -0.138. The smallest absolute Gasteiger partial charge is 0.416 e. The van der Waals surface area contributed by atoms with Crippen LogP contribution in [0.15, 0.2) is 59.6 Å². The second-order valence-corrected chi connectivity index (χ2v) is 11.1. The number of guanidine groups is 1. The number of halogens is 6. The normalized spacial score (nSPS) is 14.4. The molecule has 20 heteroatoms. The molecule has 14 nitrogen and oxygen atoms in total. The van der Waals surface area contributed by atoms with E-state index in [-0.39, 0.29) is 41.8 Å². The Morgan fingerprint density at radius 3 is 2.16 bits per heavy atom. The second kappa shape index (κ2) is 16.5. The van der Waals surface area contributed by atoms with Crippen molar-refractivity contribution in [2.75, 3.05) is 40.8 Å². The number of benzene rings is 3. The lowest BCUT2D eigenvalue weighted by Gasteiger charge is -2.23. The van der Waals surface area contributed by atoms with E-state index in [2.05, 4.69) is 26.3 Å². The van der Waals surface area contributed by atoms with Crippen molar-refractivity contribution in [1.29, 1.82) is 0 Å². The number of urea groups is 1. The number of anilines is 4. The molecule has 0 radical (unpaired) electrons. The molecular weight excluding hydrogens is 694 g/mol. The zero-order valence-electron chi connectivity index (χ0n) is 26.5. The highest BCUT2D eigenvalue weighted by atomic mass is 19.4. The lowest BCUT2D eigenvalue weighted by Crippen LogP contribution is -2.25. The van der Waals surface area contributed by atoms with Crippen LogP contribution >= 0.6 is 0 Å². The third-order valence-corrected chi connectivity index (χ3v) is 7.13. The van der Waals surface area contributed by atoms with Crippen molar-refractivity contribution >= 4 is 40.6 Å². The summed E-state index contributed by atoms with van der Waals surface area (Å²) in [5.74, 6) is -1.40. The number of carbonyl (C=O) groups excluding carboxylic acids is 2. The minimum atomic E-state index is -4.88. The Labute approximate surface area is 286 Å². The van der Waals surface area contributed by atoms with Gasteiger partial charge in [0.05, 0.1) is 28.2 Å². The molecule has 51 heavy (non-hydrogen) atoms. The van der Waals surface area contributed by atoms with Gasteiger partial charge in [0.15, 0.2) is 11.7 Å². The van der Waals surface area contributed by atoms with Crippen LogP contribution in [0.25, 0.3) is 0 Å². The van der Waals surface area contributed by atoms with Gasteiger partial charge in [-0.1, -0.05) is 0 Å². The first-order valence-corrected chi connectivity index (χ1v) is 15.2. The number of hydrogen-bond donors (Lipinski definition) is 7. The third kappa shape index (κ3) is 11.5. The van der Waals surface area contributed by atoms with Crippen LogP contribution < -0.4 is 47.4 Å². The zero-order valence-corrected chi connectivity index (χ0v) is 26.5. The molecule has 0 bridgehead atoms. The zero-order chi connectivity index (χ0) is 37.3. The molecule has 1 saturated heterocycles. The highest BCUT2D eigenvalue weighted by Gasteiger charge is 2.34. The predicted molar refractivity (Wildman–Crippen MR) is 175 cm³/mol. The van der Waals surface area contributed by atoms with E-state index in [0.717, 1.165) is 6.07 Å². The number of amides is 3. The van der Waals surface area contributed by atoms with Gasteiger partial charge >= 0.3 is 18.4 Å². The van der Waals surface area contributed by atoms with E-state index in [4.69, 9.17) is 26.1 Å². The van der Waals surface area contributed by atoms with Gasteiger partial charge < -0.3 is 52.6 Å². The van der Waals surface area contributed by atoms with Crippen molar-refractivity contribution in [2.24, 2.45) is 16.5 Å². The summed E-state index contributed by atoms with van der Waals surface area (Å²) in [6.07, 6.45) is -9.04. The van der Waals surface area contributed by atoms with Gasteiger partial charge in [0, 0.05) is 31.3 Å². The van der Waals surface area contributed by atoms with Crippen molar-refractivity contribution in [3.8, 4) is 17.2 Å². The molecule has 0 aromatic heterocycles. The number of nitrogens with one attached hydrogen (secondary N) is 4. The number of alkyl halides is 6. The van der Waals surface area contributed by atoms with Crippen LogP contribution in [-0.2, 0) is 17.1 Å². The number of nitrogens with two attached hydrogens (primary N) is 2. The summed E-state index contributed by atoms with van der Waals surface area (Å²) >= 11 is 0. The highest BCUT2D eigenvalue weighted by Crippen LogP contribution is 2.42. The monoisotopic (exact) mass is 727 g/mol. The summed E-state index contributed by atoms with van der Waals surface area (Å²) in [7, 11) is 0. The highest BCUT2D eigenvalue weighted by molar-refractivity contribution is 6.02. The summed E-state index contributed by atoms with van der Waals surface area (Å²) in [6, 6.07) is 7.32. The van der Waals surface area contributed by atoms with Gasteiger partial charge in [-0.2, -0.15) is 26.3 Å². The van der Waals surface area contributed by atoms with Gasteiger partial charge in [0.1, 0.15) is 17.6 Å². The van der Waals surface area contributed by atoms with Crippen LogP contribution in [0.3, 0.4) is 0 Å². The van der Waals surface area contributed by atoms with Gasteiger partial charge in [-0.15, -0.1) is 0 Å². The minimum Gasteiger partial charge on any atom is -0.733 e. The molecule has 1 atom stereocenters. The van der Waals surface area contributed by atoms with Crippen molar-refractivity contribution in [3.63, 3.8) is 0 Å². The predicted octanol–water partition coefficient (Wildman–Crippen LogP) is 5.98. The largest absolute Gasteiger partial charge is 0.733 e. The molecule has 276 valence electrons. The molecule has 0 spiro atoms. The van der Waals surface area contributed by atoms with E-state index in [1.807, 2.05) is 0 Å². The quantitative estimate of drug-likeness (QED) is 0.0360. The maximum atomic E-state index is 14.0. The molecule has 0 aliphatic carbocycles. The number of carbonyl (C=O) groups is 2. The van der Waals surface area contributed by atoms with Crippen molar-refractivity contribution in [2.45, 2.75) is 44.1 Å². The summed E-state index contributed by atoms with van der Waals surface area (Å²) in [4.78, 5) is 29.6. The van der Waals surface area contributed by atoms with Crippen LogP contribution in [-0.4, -0.2) is 48.8 Å². The first-order valence-electron chi connectivity index (χ1n) is 15.2. The molecule has 0 saturated carbocycles. The number of unbranched alkanes of at least 4 members (excludes halogenated alkanes) is 1. The van der Waals surface area contributed by atoms with Crippen molar-refractivity contribution in [3.05, 3.63) is 70.9 Å². The second-order valence-electron chi connectivity index (χ2n) is 11.1. The van der Waals surface area contributed by atoms with Crippen molar-refractivity contribution in [1.82, 2.24) is 5.32 Å². The van der Waals surface area contributed by atoms with E-state index in [0.29, 0.717) is 56.6 Å². The number of ether oxygens (including phenoxy) is 2. The third-order valence-electron chi connectivity index (χ3n) is 7.13. The van der Waals surface area contributed by atoms with Gasteiger partial charge in [-0.25, -0.2) is 4.79 Å². The van der Waals surface area contributed by atoms with Crippen molar-refractivity contribution < 1.29 is 50.6 Å². The van der Waals surface area contributed by atoms with E-state index in [9.17, 15) is 41.1 Å². The molecule has 1 aliphatic heterocycles. The van der Waals surface area contributed by atoms with Gasteiger partial charge in [0.2, 0.25) is 5.91 Å². The summed E-state index contributed by atoms with van der Waals surface area (Å²) in [6.45, 7) is 1.18. The standard InChI is InChI=1S/C31H33F6N8O6/c32-30(33,34)17-11-20(45(48)49)15-23(12-17)50-21-6-4-19(5-7-21)42-29(47)44-25-14-18(31(35,36)37)13-24(27(25)51-22-8-10-40-16-22)43-26(46)3-1-2-9-41-28(38)39/h4-7,11-15,22,40,48H,1-3,8-10,16H2,(H,43,46)(H4,38,39,41)(H2,42,44,47)/q-1/t22-/m1/s1. The molecule has 3 amide bonds. The van der Waals surface area contributed by atoms with Gasteiger partial charge in [0.25, 0.3) is 0 Å². The Kier molecular flexibility index (Phi) is 12.4. The molecule has 1 fully saturated rings. The van der Waals surface area contributed by atoms with Crippen LogP contribution in [0.4, 0.5) is 53.9 Å². The number of nitrogens with zero attached hydrogens (tertiary/aromatic N) is 2. The van der Waals surface area contributed by atoms with E-state index in [1.165, 1.54) is 24.3 Å². The lowest BCUT2D eigenvalue weighted by atomic mass is 10.1. The van der Waals surface area contributed by atoms with Crippen LogP contribution in [0.5, 0.6) is 17.2 Å². The van der Waals surface area contributed by atoms with E-state index in [1.54, 1.807) is 0 Å². The molecule has 3 aromatic carbocycles. The number of aliphatic imine (C=N–C) groups is 1. The fourth-order valence-corrected chi connectivity index (χ4v) is 4.76. The molecule has 1 heterocycles. The Balaban J connectivity index is 1.53. The minimum absolute atomic E-state index is 0.0306. The van der Waals surface area contributed by atoms with Gasteiger partial charge in [-0.05, 0) is 74.3 Å². The maximum absolute atomic E-state index is 14.0. The molecule has 1 aliphatic rings. The molecule has 3 aromatic rings. The Morgan fingerprint density at radius 2 is 1.57 bits per heavy atom. The molecular formula is C31H33F6N8O6-. The first-order chi connectivity index (χ1) is 24.0. The fraction of sp³-hybridized carbons (Fsp3) is 0.323. The summed E-state index contributed by atoms with van der Waals surface area (Å²) in [5, 5.41) is 29.9. The summed E-state index contributed by atoms with van der Waals surface area (Å²) in [5.41, 5.74) is 6.75. The Morgan fingerprint density at radius 1 is 0.922 bits per heavy atom. The Bertz CT molecular complexity index is 1710. The first kappa shape index (κ1) is 38.3. The molecule has 4 rings (SSSR count). The van der Waals surface area contributed by atoms with E-state index < -0.39 is 63.9 Å². The summed E-state index contributed by atoms with van der Waals surface area (Å²) < 4.78 is 93.1. The number of hydrogen-bond acceptors (Lipinski definition) is 9. The van der Waals surface area contributed by atoms with Crippen LogP contribution in [0.1, 0.15) is 36.8 Å². The molecule has 9 N–H and O–H groups in total. The van der Waals surface area contributed by atoms with Crippen LogP contribution in [0.2, 0.25) is 0 Å².